The van der Waals surface area contributed by atoms with Crippen molar-refractivity contribution >= 4 is 17.7 Å². The first-order chi connectivity index (χ1) is 12.2. The Balaban J connectivity index is 1.38. The minimum absolute atomic E-state index is 0.0106. The molecule has 3 fully saturated rings. The predicted molar refractivity (Wildman–Crippen MR) is 92.2 cm³/mol. The van der Waals surface area contributed by atoms with Gasteiger partial charge in [0.05, 0.1) is 0 Å². The number of piperidine rings is 3. The molecular weight excluding hydrogens is 336 g/mol. The smallest absolute Gasteiger partial charge is 0.251 e. The van der Waals surface area contributed by atoms with Crippen molar-refractivity contribution in [2.75, 3.05) is 19.6 Å². The first-order valence-corrected chi connectivity index (χ1v) is 9.21. The van der Waals surface area contributed by atoms with E-state index in [0.29, 0.717) is 16.5 Å². The third-order valence-electron chi connectivity index (χ3n) is 4.91. The molecule has 0 aliphatic carbocycles. The van der Waals surface area contributed by atoms with E-state index in [9.17, 15) is 4.79 Å². The molecule has 1 amide bonds. The number of benzene rings is 1. The number of aromatic nitrogens is 1. The summed E-state index contributed by atoms with van der Waals surface area (Å²) in [6.07, 6.45) is 2.37. The van der Waals surface area contributed by atoms with Crippen molar-refractivity contribution in [1.29, 1.82) is 5.26 Å². The Hall–Kier alpha value is -2.30. The van der Waals surface area contributed by atoms with Gasteiger partial charge in [0.15, 0.2) is 0 Å². The molecule has 5 rings (SSSR count). The van der Waals surface area contributed by atoms with Gasteiger partial charge in [-0.2, -0.15) is 5.26 Å². The predicted octanol–water partition coefficient (Wildman–Crippen LogP) is 2.52. The Kier molecular flexibility index (Phi) is 4.47. The van der Waals surface area contributed by atoms with Gasteiger partial charge in [-0.1, -0.05) is 16.9 Å². The molecule has 0 saturated carbocycles. The lowest BCUT2D eigenvalue weighted by Gasteiger charge is -2.44. The summed E-state index contributed by atoms with van der Waals surface area (Å²) in [5.41, 5.74) is 0.665. The number of nitrogens with one attached hydrogen (secondary N) is 1. The van der Waals surface area contributed by atoms with Crippen LogP contribution in [-0.2, 0) is 0 Å². The average molecular weight is 354 g/mol. The normalized spacial score (nSPS) is 24.7. The van der Waals surface area contributed by atoms with Crippen LogP contribution in [0.1, 0.15) is 29.0 Å². The SMILES string of the molecule is N#Cc1cc(Sc2ccc(C(=O)N[C@H]3CN4CCC3CC4)cc2)no1. The van der Waals surface area contributed by atoms with Crippen molar-refractivity contribution in [2.45, 2.75) is 28.8 Å². The van der Waals surface area contributed by atoms with Gasteiger partial charge < -0.3 is 14.7 Å². The summed E-state index contributed by atoms with van der Waals surface area (Å²) in [5, 5.41) is 16.4. The Morgan fingerprint density at radius 1 is 1.32 bits per heavy atom. The minimum Gasteiger partial charge on any atom is -0.348 e. The second-order valence-corrected chi connectivity index (χ2v) is 7.58. The Bertz CT molecular complexity index is 803. The van der Waals surface area contributed by atoms with Gasteiger partial charge in [-0.25, -0.2) is 0 Å². The van der Waals surface area contributed by atoms with Crippen LogP contribution in [0.3, 0.4) is 0 Å². The molecule has 0 unspecified atom stereocenters. The molecule has 0 radical (unpaired) electrons. The lowest BCUT2D eigenvalue weighted by molar-refractivity contribution is 0.0620. The molecular formula is C18H18N4O2S. The molecule has 1 atom stereocenters. The maximum atomic E-state index is 12.5. The van der Waals surface area contributed by atoms with Crippen molar-refractivity contribution in [1.82, 2.24) is 15.4 Å². The quantitative estimate of drug-likeness (QED) is 0.908. The number of amides is 1. The zero-order chi connectivity index (χ0) is 17.2. The summed E-state index contributed by atoms with van der Waals surface area (Å²) in [7, 11) is 0. The molecule has 1 aromatic carbocycles. The fourth-order valence-corrected chi connectivity index (χ4v) is 4.29. The number of rotatable bonds is 4. The van der Waals surface area contributed by atoms with Gasteiger partial charge in [0, 0.05) is 29.1 Å². The largest absolute Gasteiger partial charge is 0.348 e. The topological polar surface area (TPSA) is 82.2 Å². The van der Waals surface area contributed by atoms with Crippen molar-refractivity contribution < 1.29 is 9.32 Å². The fourth-order valence-electron chi connectivity index (χ4n) is 3.54. The number of carbonyl (C=O) groups excluding carboxylic acids is 1. The van der Waals surface area contributed by atoms with Gasteiger partial charge in [-0.05, 0) is 56.1 Å². The molecule has 4 heterocycles. The molecule has 3 aliphatic heterocycles. The van der Waals surface area contributed by atoms with Crippen LogP contribution in [0.25, 0.3) is 0 Å². The monoisotopic (exact) mass is 354 g/mol. The molecule has 1 N–H and O–H groups in total. The maximum Gasteiger partial charge on any atom is 0.251 e. The van der Waals surface area contributed by atoms with Gasteiger partial charge in [-0.15, -0.1) is 0 Å². The summed E-state index contributed by atoms with van der Waals surface area (Å²) in [6.45, 7) is 3.30. The van der Waals surface area contributed by atoms with Gasteiger partial charge >= 0.3 is 0 Å². The van der Waals surface area contributed by atoms with Crippen LogP contribution in [0.5, 0.6) is 0 Å². The molecule has 6 nitrogen and oxygen atoms in total. The van der Waals surface area contributed by atoms with Crippen molar-refractivity contribution in [3.05, 3.63) is 41.7 Å². The van der Waals surface area contributed by atoms with E-state index >= 15 is 0 Å². The highest BCUT2D eigenvalue weighted by Gasteiger charge is 2.34. The van der Waals surface area contributed by atoms with Crippen LogP contribution in [0, 0.1) is 17.2 Å². The molecule has 25 heavy (non-hydrogen) atoms. The van der Waals surface area contributed by atoms with E-state index in [-0.39, 0.29) is 17.7 Å². The van der Waals surface area contributed by atoms with E-state index < -0.39 is 0 Å². The van der Waals surface area contributed by atoms with Crippen molar-refractivity contribution in [3.8, 4) is 6.07 Å². The van der Waals surface area contributed by atoms with E-state index in [0.717, 1.165) is 11.4 Å². The van der Waals surface area contributed by atoms with Gasteiger partial charge in [0.25, 0.3) is 5.91 Å². The zero-order valence-corrected chi connectivity index (χ0v) is 14.5. The average Bonchev–Trinajstić information content (AvgIpc) is 3.11. The third kappa shape index (κ3) is 3.55. The van der Waals surface area contributed by atoms with Crippen LogP contribution < -0.4 is 5.32 Å². The summed E-state index contributed by atoms with van der Waals surface area (Å²) in [5.74, 6) is 0.796. The number of nitriles is 1. The van der Waals surface area contributed by atoms with Gasteiger partial charge in [0.2, 0.25) is 5.76 Å². The second kappa shape index (κ2) is 6.90. The van der Waals surface area contributed by atoms with Gasteiger partial charge in [0.1, 0.15) is 11.1 Å². The van der Waals surface area contributed by atoms with Crippen LogP contribution in [0.4, 0.5) is 0 Å². The molecule has 2 aromatic rings. The summed E-state index contributed by atoms with van der Waals surface area (Å²) < 4.78 is 4.86. The summed E-state index contributed by atoms with van der Waals surface area (Å²) in [6, 6.07) is 11.2. The number of hydrogen-bond donors (Lipinski definition) is 1. The van der Waals surface area contributed by atoms with E-state index in [4.69, 9.17) is 9.78 Å². The molecule has 128 valence electrons. The zero-order valence-electron chi connectivity index (χ0n) is 13.6. The van der Waals surface area contributed by atoms with Crippen LogP contribution >= 0.6 is 11.8 Å². The number of hydrogen-bond acceptors (Lipinski definition) is 6. The summed E-state index contributed by atoms with van der Waals surface area (Å²) in [4.78, 5) is 15.9. The van der Waals surface area contributed by atoms with Crippen molar-refractivity contribution in [2.24, 2.45) is 5.92 Å². The first kappa shape index (κ1) is 16.2. The fraction of sp³-hybridized carbons (Fsp3) is 0.389. The molecule has 2 bridgehead atoms. The lowest BCUT2D eigenvalue weighted by atomic mass is 9.84. The van der Waals surface area contributed by atoms with E-state index in [2.05, 4.69) is 15.4 Å². The molecule has 1 aromatic heterocycles. The van der Waals surface area contributed by atoms with Crippen LogP contribution in [-0.4, -0.2) is 41.6 Å². The van der Waals surface area contributed by atoms with Crippen molar-refractivity contribution in [3.63, 3.8) is 0 Å². The first-order valence-electron chi connectivity index (χ1n) is 8.39. The van der Waals surface area contributed by atoms with E-state index in [1.807, 2.05) is 30.3 Å². The highest BCUT2D eigenvalue weighted by molar-refractivity contribution is 7.99. The maximum absolute atomic E-state index is 12.5. The van der Waals surface area contributed by atoms with E-state index in [1.54, 1.807) is 6.07 Å². The Morgan fingerprint density at radius 3 is 2.68 bits per heavy atom. The number of nitrogens with zero attached hydrogens (tertiary/aromatic N) is 3. The highest BCUT2D eigenvalue weighted by Crippen LogP contribution is 2.29. The van der Waals surface area contributed by atoms with E-state index in [1.165, 1.54) is 37.7 Å². The third-order valence-corrected chi connectivity index (χ3v) is 5.82. The standard InChI is InChI=1S/C18H18N4O2S/c19-10-14-9-17(21-24-14)25-15-3-1-13(2-4-15)18(23)20-16-11-22-7-5-12(16)6-8-22/h1-4,9,12,16H,5-8,11H2,(H,20,23)/t16-/m0/s1. The Labute approximate surface area is 150 Å². The van der Waals surface area contributed by atoms with Gasteiger partial charge in [-0.3, -0.25) is 4.79 Å². The molecule has 3 aliphatic rings. The lowest BCUT2D eigenvalue weighted by Crippen LogP contribution is -2.57. The van der Waals surface area contributed by atoms with Crippen LogP contribution in [0.2, 0.25) is 0 Å². The highest BCUT2D eigenvalue weighted by atomic mass is 32.2. The van der Waals surface area contributed by atoms with Crippen LogP contribution in [0.15, 0.2) is 44.8 Å². The molecule has 0 spiro atoms. The summed E-state index contributed by atoms with van der Waals surface area (Å²) >= 11 is 1.40. The Morgan fingerprint density at radius 2 is 2.08 bits per heavy atom. The second-order valence-electron chi connectivity index (χ2n) is 6.49. The number of carbonyl (C=O) groups is 1. The number of fused-ring (bicyclic) bond motifs is 3. The molecule has 7 heteroatoms. The molecule has 3 saturated heterocycles. The minimum atomic E-state index is -0.0106.